The maximum absolute atomic E-state index is 12.6. The van der Waals surface area contributed by atoms with Gasteiger partial charge in [-0.3, -0.25) is 0 Å². The maximum atomic E-state index is 12.6. The molecule has 0 saturated carbocycles. The molecule has 1 aromatic carbocycles. The number of rotatable bonds is 2. The average molecular weight is 302 g/mol. The van der Waals surface area contributed by atoms with E-state index in [0.29, 0.717) is 0 Å². The molecule has 0 spiro atoms. The minimum absolute atomic E-state index is 0.0411. The number of alkyl halides is 4. The van der Waals surface area contributed by atoms with E-state index in [9.17, 15) is 22.7 Å². The van der Waals surface area contributed by atoms with Gasteiger partial charge in [-0.2, -0.15) is 13.2 Å². The van der Waals surface area contributed by atoms with Gasteiger partial charge in [-0.1, -0.05) is 0 Å². The molecule has 0 unspecified atom stereocenters. The highest BCUT2D eigenvalue weighted by molar-refractivity contribution is 9.10. The van der Waals surface area contributed by atoms with Gasteiger partial charge in [0.2, 0.25) is 0 Å². The van der Waals surface area contributed by atoms with E-state index < -0.39 is 35.8 Å². The number of nitrogens with two attached hydrogens (primary N) is 1. The zero-order valence-corrected chi connectivity index (χ0v) is 9.44. The van der Waals surface area contributed by atoms with Crippen LogP contribution in [0.5, 0.6) is 5.75 Å². The second kappa shape index (κ2) is 4.58. The summed E-state index contributed by atoms with van der Waals surface area (Å²) in [6.45, 7) is -1.19. The van der Waals surface area contributed by atoms with E-state index >= 15 is 0 Å². The standard InChI is InChI=1S/C9H8BrF4NO/c10-5-2-1-4(9(12,13)14)7(8(5)16)6(15)3-11/h1-2,6,16H,3,15H2/t6-/m1/s1. The van der Waals surface area contributed by atoms with Gasteiger partial charge < -0.3 is 10.8 Å². The molecule has 1 aromatic rings. The lowest BCUT2D eigenvalue weighted by atomic mass is 10.00. The monoisotopic (exact) mass is 301 g/mol. The van der Waals surface area contributed by atoms with Crippen molar-refractivity contribution < 1.29 is 22.7 Å². The quantitative estimate of drug-likeness (QED) is 0.824. The Morgan fingerprint density at radius 2 is 1.94 bits per heavy atom. The van der Waals surface area contributed by atoms with E-state index in [2.05, 4.69) is 15.9 Å². The van der Waals surface area contributed by atoms with Crippen LogP contribution in [0.15, 0.2) is 16.6 Å². The highest BCUT2D eigenvalue weighted by Crippen LogP contribution is 2.41. The molecule has 3 N–H and O–H groups in total. The van der Waals surface area contributed by atoms with Crippen molar-refractivity contribution in [2.75, 3.05) is 6.67 Å². The van der Waals surface area contributed by atoms with Crippen molar-refractivity contribution >= 4 is 15.9 Å². The van der Waals surface area contributed by atoms with Crippen LogP contribution in [-0.2, 0) is 6.18 Å². The van der Waals surface area contributed by atoms with Gasteiger partial charge >= 0.3 is 6.18 Å². The smallest absolute Gasteiger partial charge is 0.416 e. The molecule has 16 heavy (non-hydrogen) atoms. The Kier molecular flexibility index (Phi) is 3.80. The number of benzene rings is 1. The molecule has 1 atom stereocenters. The highest BCUT2D eigenvalue weighted by Gasteiger charge is 2.36. The Balaban J connectivity index is 3.45. The molecule has 90 valence electrons. The van der Waals surface area contributed by atoms with Gasteiger partial charge in [-0.05, 0) is 28.1 Å². The number of aromatic hydroxyl groups is 1. The predicted octanol–water partition coefficient (Wildman–Crippen LogP) is 3.14. The summed E-state index contributed by atoms with van der Waals surface area (Å²) in [7, 11) is 0. The molecule has 0 saturated heterocycles. The molecule has 0 bridgehead atoms. The molecule has 0 aromatic heterocycles. The molecule has 0 fully saturated rings. The maximum Gasteiger partial charge on any atom is 0.416 e. The Morgan fingerprint density at radius 3 is 2.38 bits per heavy atom. The number of phenols is 1. The van der Waals surface area contributed by atoms with Crippen molar-refractivity contribution in [3.05, 3.63) is 27.7 Å². The van der Waals surface area contributed by atoms with Gasteiger partial charge in [-0.15, -0.1) is 0 Å². The molecule has 2 nitrogen and oxygen atoms in total. The zero-order valence-electron chi connectivity index (χ0n) is 7.85. The first kappa shape index (κ1) is 13.2. The first-order valence-corrected chi connectivity index (χ1v) is 4.98. The molecule has 7 heteroatoms. The molecule has 0 aliphatic carbocycles. The SMILES string of the molecule is N[C@H](CF)c1c(C(F)(F)F)ccc(Br)c1O. The van der Waals surface area contributed by atoms with Crippen LogP contribution in [0.4, 0.5) is 17.6 Å². The molecule has 0 amide bonds. The van der Waals surface area contributed by atoms with Crippen LogP contribution in [0.25, 0.3) is 0 Å². The minimum Gasteiger partial charge on any atom is -0.506 e. The summed E-state index contributed by atoms with van der Waals surface area (Å²) in [6, 6.07) is 0.274. The van der Waals surface area contributed by atoms with E-state index in [1.165, 1.54) is 0 Å². The van der Waals surface area contributed by atoms with Crippen LogP contribution in [0.1, 0.15) is 17.2 Å². The largest absolute Gasteiger partial charge is 0.506 e. The second-order valence-corrected chi connectivity index (χ2v) is 3.97. The molecule has 1 rings (SSSR count). The third-order valence-electron chi connectivity index (χ3n) is 2.01. The van der Waals surface area contributed by atoms with Crippen LogP contribution in [0.3, 0.4) is 0 Å². The molecular formula is C9H8BrF4NO. The van der Waals surface area contributed by atoms with Gasteiger partial charge in [-0.25, -0.2) is 4.39 Å². The average Bonchev–Trinajstić information content (AvgIpc) is 2.19. The van der Waals surface area contributed by atoms with Crippen LogP contribution < -0.4 is 5.73 Å². The Morgan fingerprint density at radius 1 is 1.38 bits per heavy atom. The molecule has 0 radical (unpaired) electrons. The Labute approximate surface area is 97.2 Å². The first-order valence-electron chi connectivity index (χ1n) is 4.19. The number of phenolic OH excluding ortho intramolecular Hbond substituents is 1. The third-order valence-corrected chi connectivity index (χ3v) is 2.65. The first-order chi connectivity index (χ1) is 7.29. The fourth-order valence-corrected chi connectivity index (χ4v) is 1.63. The molecular weight excluding hydrogens is 294 g/mol. The van der Waals surface area contributed by atoms with Gasteiger partial charge in [0.25, 0.3) is 0 Å². The van der Waals surface area contributed by atoms with E-state index in [-0.39, 0.29) is 4.47 Å². The van der Waals surface area contributed by atoms with Crippen LogP contribution in [0, 0.1) is 0 Å². The summed E-state index contributed by atoms with van der Waals surface area (Å²) in [5.41, 5.74) is 3.44. The predicted molar refractivity (Wildman–Crippen MR) is 53.7 cm³/mol. The van der Waals surface area contributed by atoms with E-state index in [0.717, 1.165) is 12.1 Å². The molecule has 0 heterocycles. The normalized spacial score (nSPS) is 13.9. The summed E-state index contributed by atoms with van der Waals surface area (Å²) in [5.74, 6) is -0.681. The number of halogens is 5. The zero-order chi connectivity index (χ0) is 12.5. The van der Waals surface area contributed by atoms with Crippen molar-refractivity contribution in [3.8, 4) is 5.75 Å². The van der Waals surface area contributed by atoms with Crippen LogP contribution in [0.2, 0.25) is 0 Å². The fraction of sp³-hybridized carbons (Fsp3) is 0.333. The molecule has 0 aliphatic heterocycles. The van der Waals surface area contributed by atoms with Crippen LogP contribution >= 0.6 is 15.9 Å². The van der Waals surface area contributed by atoms with Gasteiger partial charge in [0, 0.05) is 5.56 Å². The lowest BCUT2D eigenvalue weighted by Gasteiger charge is -2.18. The lowest BCUT2D eigenvalue weighted by Crippen LogP contribution is -2.19. The van der Waals surface area contributed by atoms with E-state index in [1.807, 2.05) is 0 Å². The Hall–Kier alpha value is -0.820. The molecule has 0 aliphatic rings. The van der Waals surface area contributed by atoms with Gasteiger partial charge in [0.05, 0.1) is 16.1 Å². The summed E-state index contributed by atoms with van der Waals surface area (Å²) in [6.07, 6.45) is -4.68. The Bertz CT molecular complexity index is 394. The number of hydrogen-bond donors (Lipinski definition) is 2. The van der Waals surface area contributed by atoms with E-state index in [4.69, 9.17) is 5.73 Å². The van der Waals surface area contributed by atoms with Crippen molar-refractivity contribution in [2.24, 2.45) is 5.73 Å². The van der Waals surface area contributed by atoms with Gasteiger partial charge in [0.1, 0.15) is 12.4 Å². The summed E-state index contributed by atoms with van der Waals surface area (Å²) >= 11 is 2.85. The van der Waals surface area contributed by atoms with Crippen molar-refractivity contribution in [3.63, 3.8) is 0 Å². The summed E-state index contributed by atoms with van der Waals surface area (Å²) in [4.78, 5) is 0. The minimum atomic E-state index is -4.68. The highest BCUT2D eigenvalue weighted by atomic mass is 79.9. The van der Waals surface area contributed by atoms with Crippen molar-refractivity contribution in [2.45, 2.75) is 12.2 Å². The lowest BCUT2D eigenvalue weighted by molar-refractivity contribution is -0.138. The second-order valence-electron chi connectivity index (χ2n) is 3.12. The van der Waals surface area contributed by atoms with Crippen molar-refractivity contribution in [1.29, 1.82) is 0 Å². The van der Waals surface area contributed by atoms with Crippen LogP contribution in [-0.4, -0.2) is 11.8 Å². The van der Waals surface area contributed by atoms with E-state index in [1.54, 1.807) is 0 Å². The number of hydrogen-bond acceptors (Lipinski definition) is 2. The fourth-order valence-electron chi connectivity index (χ4n) is 1.28. The van der Waals surface area contributed by atoms with Gasteiger partial charge in [0.15, 0.2) is 0 Å². The summed E-state index contributed by atoms with van der Waals surface area (Å²) < 4.78 is 50.0. The summed E-state index contributed by atoms with van der Waals surface area (Å²) in [5, 5.41) is 9.45. The topological polar surface area (TPSA) is 46.2 Å². The third kappa shape index (κ3) is 2.46. The van der Waals surface area contributed by atoms with Crippen molar-refractivity contribution in [1.82, 2.24) is 0 Å².